The Morgan fingerprint density at radius 1 is 1.33 bits per heavy atom. The van der Waals surface area contributed by atoms with Crippen LogP contribution in [0.4, 0.5) is 5.69 Å². The molecule has 0 aromatic heterocycles. The van der Waals surface area contributed by atoms with E-state index in [4.69, 9.17) is 5.73 Å². The van der Waals surface area contributed by atoms with Crippen molar-refractivity contribution in [3.63, 3.8) is 0 Å². The van der Waals surface area contributed by atoms with Crippen molar-refractivity contribution in [2.24, 2.45) is 0 Å². The fraction of sp³-hybridized carbons (Fsp3) is 0. The van der Waals surface area contributed by atoms with E-state index in [9.17, 15) is 9.90 Å². The summed E-state index contributed by atoms with van der Waals surface area (Å²) in [5.74, 6) is -1.24. The third kappa shape index (κ3) is 3.23. The fourth-order valence-corrected chi connectivity index (χ4v) is 0.683. The molecule has 0 unspecified atom stereocenters. The van der Waals surface area contributed by atoms with E-state index in [2.05, 4.69) is 0 Å². The van der Waals surface area contributed by atoms with Crippen LogP contribution in [0.3, 0.4) is 0 Å². The zero-order chi connectivity index (χ0) is 7.56. The fourth-order valence-electron chi connectivity index (χ4n) is 0.683. The van der Waals surface area contributed by atoms with Crippen LogP contribution in [0.2, 0.25) is 0 Å². The monoisotopic (exact) mass is 177 g/mol. The minimum absolute atomic E-state index is 0. The Bertz CT molecular complexity index is 265. The minimum Gasteiger partial charge on any atom is -0.545 e. The first-order chi connectivity index (χ1) is 4.72. The number of carboxylic acids is 1. The molecule has 0 spiro atoms. The topological polar surface area (TPSA) is 97.7 Å². The molecule has 0 aliphatic carbocycles. The van der Waals surface area contributed by atoms with Crippen LogP contribution in [0.25, 0.3) is 0 Å². The smallest absolute Gasteiger partial charge is 0.545 e. The standard InChI is InChI=1S/C7H7NO2.Na.H2O/c8-6-4-2-1-3-5(6)7(9)10;;/h1-4H,8H2,(H,9,10);;1H2/q;+1;/p-1. The quantitative estimate of drug-likeness (QED) is 0.348. The number of hydrogen-bond donors (Lipinski definition) is 1. The van der Waals surface area contributed by atoms with Gasteiger partial charge in [0.25, 0.3) is 0 Å². The molecule has 4 nitrogen and oxygen atoms in total. The van der Waals surface area contributed by atoms with Gasteiger partial charge in [-0.1, -0.05) is 18.2 Å². The van der Waals surface area contributed by atoms with Crippen LogP contribution in [-0.4, -0.2) is 11.4 Å². The molecule has 0 aliphatic heterocycles. The second-order valence-electron chi connectivity index (χ2n) is 1.87. The third-order valence-electron chi connectivity index (χ3n) is 1.18. The summed E-state index contributed by atoms with van der Waals surface area (Å²) in [6.45, 7) is 0. The average molecular weight is 177 g/mol. The molecular weight excluding hydrogens is 169 g/mol. The Kier molecular flexibility index (Phi) is 7.02. The Labute approximate surface area is 92.0 Å². The number of carbonyl (C=O) groups excluding carboxylic acids is 1. The molecule has 0 heterocycles. The third-order valence-corrected chi connectivity index (χ3v) is 1.18. The van der Waals surface area contributed by atoms with Crippen LogP contribution in [0, 0.1) is 0 Å². The molecule has 0 fully saturated rings. The molecule has 5 heteroatoms. The van der Waals surface area contributed by atoms with Crippen molar-refractivity contribution in [1.29, 1.82) is 0 Å². The molecule has 1 aromatic rings. The number of nitrogens with two attached hydrogens (primary N) is 1. The Morgan fingerprint density at radius 2 is 1.83 bits per heavy atom. The summed E-state index contributed by atoms with van der Waals surface area (Å²) in [5.41, 5.74) is 5.58. The predicted molar refractivity (Wildman–Crippen MR) is 38.8 cm³/mol. The summed E-state index contributed by atoms with van der Waals surface area (Å²) < 4.78 is 0. The molecule has 0 radical (unpaired) electrons. The van der Waals surface area contributed by atoms with Crippen LogP contribution in [0.5, 0.6) is 0 Å². The number of benzene rings is 1. The predicted octanol–water partition coefficient (Wildman–Crippen LogP) is -4.19. The maximum atomic E-state index is 10.2. The molecule has 0 amide bonds. The molecule has 1 rings (SSSR count). The van der Waals surface area contributed by atoms with Gasteiger partial charge in [-0.05, 0) is 6.07 Å². The Morgan fingerprint density at radius 3 is 2.17 bits per heavy atom. The number of nitrogen functional groups attached to an aromatic ring is 1. The van der Waals surface area contributed by atoms with E-state index in [1.807, 2.05) is 0 Å². The summed E-state index contributed by atoms with van der Waals surface area (Å²) >= 11 is 0. The van der Waals surface area contributed by atoms with Crippen molar-refractivity contribution in [1.82, 2.24) is 0 Å². The normalized spacial score (nSPS) is 7.67. The molecule has 0 saturated carbocycles. The maximum Gasteiger partial charge on any atom is 1.00 e. The number of carboxylic acid groups (broad SMARTS) is 1. The summed E-state index contributed by atoms with van der Waals surface area (Å²) in [7, 11) is 0. The molecule has 0 saturated heterocycles. The Hall–Kier alpha value is -0.550. The first-order valence-electron chi connectivity index (χ1n) is 2.77. The van der Waals surface area contributed by atoms with Crippen LogP contribution < -0.4 is 40.4 Å². The first-order valence-corrected chi connectivity index (χ1v) is 2.77. The van der Waals surface area contributed by atoms with Gasteiger partial charge in [0.15, 0.2) is 0 Å². The van der Waals surface area contributed by atoms with Crippen LogP contribution in [-0.2, 0) is 0 Å². The van der Waals surface area contributed by atoms with E-state index in [1.54, 1.807) is 12.1 Å². The number of anilines is 1. The van der Waals surface area contributed by atoms with Gasteiger partial charge in [0.05, 0.1) is 5.97 Å². The summed E-state index contributed by atoms with van der Waals surface area (Å²) in [6.07, 6.45) is 0. The van der Waals surface area contributed by atoms with Crippen molar-refractivity contribution in [2.45, 2.75) is 0 Å². The summed E-state index contributed by atoms with van der Waals surface area (Å²) in [6, 6.07) is 6.19. The summed E-state index contributed by atoms with van der Waals surface area (Å²) in [4.78, 5) is 10.2. The average Bonchev–Trinajstić information content (AvgIpc) is 1.88. The molecule has 12 heavy (non-hydrogen) atoms. The van der Waals surface area contributed by atoms with Crippen molar-refractivity contribution >= 4 is 11.7 Å². The van der Waals surface area contributed by atoms with Gasteiger partial charge in [-0.15, -0.1) is 0 Å². The minimum atomic E-state index is -1.24. The van der Waals surface area contributed by atoms with Crippen molar-refractivity contribution in [2.75, 3.05) is 5.73 Å². The number of rotatable bonds is 1. The van der Waals surface area contributed by atoms with Gasteiger partial charge in [0.1, 0.15) is 0 Å². The van der Waals surface area contributed by atoms with Gasteiger partial charge in [-0.2, -0.15) is 0 Å². The number of hydrogen-bond acceptors (Lipinski definition) is 3. The maximum absolute atomic E-state index is 10.2. The van der Waals surface area contributed by atoms with Gasteiger partial charge in [0.2, 0.25) is 0 Å². The van der Waals surface area contributed by atoms with Gasteiger partial charge >= 0.3 is 29.6 Å². The molecule has 60 valence electrons. The number of aromatic carboxylic acids is 1. The van der Waals surface area contributed by atoms with E-state index in [-0.39, 0.29) is 46.3 Å². The molecule has 1 aromatic carbocycles. The SMILES string of the molecule is Nc1ccccc1C(=O)[O-].O.[Na+]. The van der Waals surface area contributed by atoms with E-state index >= 15 is 0 Å². The number of carbonyl (C=O) groups is 1. The first kappa shape index (κ1) is 14.0. The molecule has 4 N–H and O–H groups in total. The van der Waals surface area contributed by atoms with Crippen molar-refractivity contribution in [3.8, 4) is 0 Å². The number of para-hydroxylation sites is 1. The summed E-state index contributed by atoms with van der Waals surface area (Å²) in [5, 5.41) is 10.2. The molecule has 0 atom stereocenters. The zero-order valence-corrected chi connectivity index (χ0v) is 8.70. The largest absolute Gasteiger partial charge is 1.00 e. The van der Waals surface area contributed by atoms with Crippen LogP contribution in [0.1, 0.15) is 10.4 Å². The van der Waals surface area contributed by atoms with Crippen molar-refractivity contribution in [3.05, 3.63) is 29.8 Å². The van der Waals surface area contributed by atoms with Gasteiger partial charge in [0, 0.05) is 11.3 Å². The van der Waals surface area contributed by atoms with E-state index in [0.717, 1.165) is 0 Å². The van der Waals surface area contributed by atoms with Crippen LogP contribution in [0.15, 0.2) is 24.3 Å². The van der Waals surface area contributed by atoms with Gasteiger partial charge in [-0.3, -0.25) is 0 Å². The van der Waals surface area contributed by atoms with E-state index in [0.29, 0.717) is 0 Å². The van der Waals surface area contributed by atoms with Gasteiger partial charge < -0.3 is 21.1 Å². The van der Waals surface area contributed by atoms with Gasteiger partial charge in [-0.25, -0.2) is 0 Å². The Balaban J connectivity index is 0. The van der Waals surface area contributed by atoms with Crippen LogP contribution >= 0.6 is 0 Å². The molecule has 0 aliphatic rings. The second kappa shape index (κ2) is 6.02. The molecule has 0 bridgehead atoms. The molecular formula is C7H8NNaO3. The van der Waals surface area contributed by atoms with E-state index < -0.39 is 5.97 Å². The van der Waals surface area contributed by atoms with E-state index in [1.165, 1.54) is 12.1 Å². The second-order valence-corrected chi connectivity index (χ2v) is 1.87. The van der Waals surface area contributed by atoms with Crippen molar-refractivity contribution < 1.29 is 44.9 Å². The zero-order valence-electron chi connectivity index (χ0n) is 6.70.